The summed E-state index contributed by atoms with van der Waals surface area (Å²) in [6.07, 6.45) is 4.62. The summed E-state index contributed by atoms with van der Waals surface area (Å²) in [5.41, 5.74) is 2.01. The van der Waals surface area contributed by atoms with Crippen molar-refractivity contribution in [2.24, 2.45) is 5.92 Å². The number of carbonyl (C=O) groups is 1. The van der Waals surface area contributed by atoms with Crippen molar-refractivity contribution in [1.82, 2.24) is 19.5 Å². The largest absolute Gasteiger partial charge is 0.351 e. The molecule has 3 atom stereocenters. The van der Waals surface area contributed by atoms with Crippen molar-refractivity contribution in [1.29, 1.82) is 0 Å². The lowest BCUT2D eigenvalue weighted by Gasteiger charge is -2.31. The zero-order chi connectivity index (χ0) is 19.1. The average Bonchev–Trinajstić information content (AvgIpc) is 2.98. The molecule has 0 aliphatic heterocycles. The smallest absolute Gasteiger partial charge is 0.273 e. The molecule has 142 valence electrons. The SMILES string of the molecule is Cc1cc(=O)nc2c3ccccc3n(C(C)C(=O)NC3CCCCC3C)n12. The summed E-state index contributed by atoms with van der Waals surface area (Å²) in [7, 11) is 0. The van der Waals surface area contributed by atoms with E-state index in [9.17, 15) is 9.59 Å². The summed E-state index contributed by atoms with van der Waals surface area (Å²) < 4.78 is 3.84. The first-order valence-corrected chi connectivity index (χ1v) is 9.77. The number of fused-ring (bicyclic) bond motifs is 3. The standard InChI is InChI=1S/C21H26N4O2/c1-13-8-4-6-10-17(13)22-21(27)15(3)25-18-11-7-5-9-16(18)20-23-19(26)12-14(2)24(20)25/h5,7,9,11-13,15,17H,4,6,8,10H2,1-3H3,(H,22,27). The van der Waals surface area contributed by atoms with Crippen LogP contribution in [-0.2, 0) is 4.79 Å². The third-order valence-corrected chi connectivity index (χ3v) is 5.88. The monoisotopic (exact) mass is 366 g/mol. The number of aromatic nitrogens is 3. The molecule has 4 rings (SSSR count). The molecule has 1 saturated carbocycles. The third-order valence-electron chi connectivity index (χ3n) is 5.88. The molecule has 1 fully saturated rings. The van der Waals surface area contributed by atoms with E-state index in [2.05, 4.69) is 17.2 Å². The molecule has 27 heavy (non-hydrogen) atoms. The molecule has 3 unspecified atom stereocenters. The number of rotatable bonds is 3. The molecule has 1 aliphatic rings. The topological polar surface area (TPSA) is 68.4 Å². The van der Waals surface area contributed by atoms with Gasteiger partial charge in [-0.3, -0.25) is 14.3 Å². The number of nitrogens with one attached hydrogen (secondary N) is 1. The number of aryl methyl sites for hydroxylation is 1. The average molecular weight is 366 g/mol. The normalized spacial score (nSPS) is 21.4. The van der Waals surface area contributed by atoms with Crippen LogP contribution in [0.5, 0.6) is 0 Å². The van der Waals surface area contributed by atoms with Crippen molar-refractivity contribution in [3.63, 3.8) is 0 Å². The first kappa shape index (κ1) is 17.8. The minimum atomic E-state index is -0.412. The van der Waals surface area contributed by atoms with Crippen molar-refractivity contribution in [3.05, 3.63) is 46.4 Å². The number of benzene rings is 1. The van der Waals surface area contributed by atoms with Crippen LogP contribution in [0, 0.1) is 12.8 Å². The number of hydrogen-bond acceptors (Lipinski definition) is 3. The lowest BCUT2D eigenvalue weighted by molar-refractivity contribution is -0.125. The Labute approximate surface area is 158 Å². The molecule has 1 aliphatic carbocycles. The highest BCUT2D eigenvalue weighted by Gasteiger charge is 2.27. The summed E-state index contributed by atoms with van der Waals surface area (Å²) in [6, 6.07) is 9.12. The van der Waals surface area contributed by atoms with Gasteiger partial charge in [0.1, 0.15) is 6.04 Å². The second-order valence-electron chi connectivity index (χ2n) is 7.79. The summed E-state index contributed by atoms with van der Waals surface area (Å²) in [5, 5.41) is 4.14. The van der Waals surface area contributed by atoms with Crippen molar-refractivity contribution in [2.75, 3.05) is 0 Å². The molecule has 0 saturated heterocycles. The van der Waals surface area contributed by atoms with Crippen molar-refractivity contribution in [2.45, 2.75) is 58.5 Å². The number of hydrogen-bond donors (Lipinski definition) is 1. The van der Waals surface area contributed by atoms with Gasteiger partial charge in [0.25, 0.3) is 5.56 Å². The summed E-state index contributed by atoms with van der Waals surface area (Å²) in [5.74, 6) is 0.515. The molecule has 0 spiro atoms. The summed E-state index contributed by atoms with van der Waals surface area (Å²) in [4.78, 5) is 29.2. The Kier molecular flexibility index (Phi) is 4.50. The van der Waals surface area contributed by atoms with Gasteiger partial charge in [-0.05, 0) is 44.7 Å². The van der Waals surface area contributed by atoms with Gasteiger partial charge in [0, 0.05) is 23.2 Å². The molecule has 3 aromatic rings. The molecule has 6 nitrogen and oxygen atoms in total. The predicted octanol–water partition coefficient (Wildman–Crippen LogP) is 3.21. The Bertz CT molecular complexity index is 1070. The van der Waals surface area contributed by atoms with E-state index in [-0.39, 0.29) is 17.5 Å². The molecule has 1 aromatic carbocycles. The Balaban J connectivity index is 1.79. The van der Waals surface area contributed by atoms with E-state index in [1.54, 1.807) is 0 Å². The van der Waals surface area contributed by atoms with Gasteiger partial charge in [-0.25, -0.2) is 4.52 Å². The maximum absolute atomic E-state index is 13.1. The second-order valence-corrected chi connectivity index (χ2v) is 7.79. The lowest BCUT2D eigenvalue weighted by Crippen LogP contribution is -2.44. The van der Waals surface area contributed by atoms with Gasteiger partial charge in [-0.2, -0.15) is 4.98 Å². The van der Waals surface area contributed by atoms with Crippen LogP contribution in [0.3, 0.4) is 0 Å². The fourth-order valence-corrected chi connectivity index (χ4v) is 4.33. The molecule has 1 amide bonds. The molecular weight excluding hydrogens is 340 g/mol. The van der Waals surface area contributed by atoms with Crippen molar-refractivity contribution in [3.8, 4) is 0 Å². The van der Waals surface area contributed by atoms with E-state index in [0.29, 0.717) is 11.6 Å². The molecule has 1 N–H and O–H groups in total. The van der Waals surface area contributed by atoms with E-state index in [0.717, 1.165) is 23.0 Å². The Morgan fingerprint density at radius 2 is 2.00 bits per heavy atom. The van der Waals surface area contributed by atoms with Gasteiger partial charge >= 0.3 is 0 Å². The quantitative estimate of drug-likeness (QED) is 0.774. The zero-order valence-electron chi connectivity index (χ0n) is 16.1. The summed E-state index contributed by atoms with van der Waals surface area (Å²) in [6.45, 7) is 6.00. The van der Waals surface area contributed by atoms with Crippen molar-refractivity contribution < 1.29 is 4.79 Å². The highest BCUT2D eigenvalue weighted by Crippen LogP contribution is 2.27. The van der Waals surface area contributed by atoms with Crippen LogP contribution in [0.4, 0.5) is 0 Å². The molecule has 0 bridgehead atoms. The van der Waals surface area contributed by atoms with Gasteiger partial charge < -0.3 is 5.32 Å². The number of nitrogens with zero attached hydrogens (tertiary/aromatic N) is 3. The fraction of sp³-hybridized carbons (Fsp3) is 0.476. The Morgan fingerprint density at radius 3 is 2.78 bits per heavy atom. The van der Waals surface area contributed by atoms with Crippen molar-refractivity contribution >= 4 is 22.5 Å². The molecular formula is C21H26N4O2. The van der Waals surface area contributed by atoms with Crippen LogP contribution in [0.2, 0.25) is 0 Å². The highest BCUT2D eigenvalue weighted by molar-refractivity contribution is 5.94. The van der Waals surface area contributed by atoms with E-state index in [4.69, 9.17) is 0 Å². The second kappa shape index (κ2) is 6.83. The predicted molar refractivity (Wildman–Crippen MR) is 106 cm³/mol. The highest BCUT2D eigenvalue weighted by atomic mass is 16.2. The van der Waals surface area contributed by atoms with E-state index < -0.39 is 6.04 Å². The number of amides is 1. The van der Waals surface area contributed by atoms with E-state index in [1.807, 2.05) is 47.3 Å². The van der Waals surface area contributed by atoms with E-state index in [1.165, 1.54) is 25.3 Å². The van der Waals surface area contributed by atoms with Crippen LogP contribution in [0.15, 0.2) is 35.1 Å². The van der Waals surface area contributed by atoms with Gasteiger partial charge in [0.2, 0.25) is 5.91 Å². The molecule has 2 aromatic heterocycles. The molecule has 6 heteroatoms. The summed E-state index contributed by atoms with van der Waals surface area (Å²) >= 11 is 0. The maximum Gasteiger partial charge on any atom is 0.273 e. The zero-order valence-corrected chi connectivity index (χ0v) is 16.1. The molecule has 2 heterocycles. The van der Waals surface area contributed by atoms with Crippen LogP contribution in [0.25, 0.3) is 16.6 Å². The number of carbonyl (C=O) groups excluding carboxylic acids is 1. The Hall–Kier alpha value is -2.63. The van der Waals surface area contributed by atoms with Crippen LogP contribution < -0.4 is 10.9 Å². The minimum Gasteiger partial charge on any atom is -0.351 e. The third kappa shape index (κ3) is 3.03. The maximum atomic E-state index is 13.1. The first-order chi connectivity index (χ1) is 13.0. The van der Waals surface area contributed by atoms with Crippen LogP contribution >= 0.6 is 0 Å². The fourth-order valence-electron chi connectivity index (χ4n) is 4.33. The number of para-hydroxylation sites is 1. The van der Waals surface area contributed by atoms with Gasteiger partial charge in [0.05, 0.1) is 5.52 Å². The first-order valence-electron chi connectivity index (χ1n) is 9.77. The van der Waals surface area contributed by atoms with Gasteiger partial charge in [0.15, 0.2) is 5.65 Å². The lowest BCUT2D eigenvalue weighted by atomic mass is 9.86. The van der Waals surface area contributed by atoms with Gasteiger partial charge in [-0.1, -0.05) is 31.9 Å². The molecule has 0 radical (unpaired) electrons. The minimum absolute atomic E-state index is 0.00880. The van der Waals surface area contributed by atoms with Crippen LogP contribution in [-0.4, -0.2) is 26.1 Å². The Morgan fingerprint density at radius 1 is 1.26 bits per heavy atom. The van der Waals surface area contributed by atoms with Crippen LogP contribution in [0.1, 0.15) is 51.3 Å². The van der Waals surface area contributed by atoms with Gasteiger partial charge in [-0.15, -0.1) is 0 Å². The van der Waals surface area contributed by atoms with E-state index >= 15 is 0 Å².